The standard InChI is InChI=1S/C25H30N2O3S2/c1-17-6-13-23-24(14-17)31-25(26-23)30-22-11-7-18(8-12-22)4-3-5-19-15-20-9-10-21(16-19)27(20)32(2,28)29/h6-8,11-14,19-21H,3-5,9-10,15-16H2,1-2H3/t19?,20-,21+. The minimum Gasteiger partial charge on any atom is -0.431 e. The molecule has 5 nitrogen and oxygen atoms in total. The molecule has 2 aromatic carbocycles. The molecule has 7 heteroatoms. The second kappa shape index (κ2) is 8.76. The number of aromatic nitrogens is 1. The van der Waals surface area contributed by atoms with Crippen LogP contribution in [0.1, 0.15) is 49.7 Å². The van der Waals surface area contributed by atoms with Gasteiger partial charge in [0.2, 0.25) is 10.0 Å². The second-order valence-electron chi connectivity index (χ2n) is 9.40. The van der Waals surface area contributed by atoms with E-state index >= 15 is 0 Å². The van der Waals surface area contributed by atoms with Gasteiger partial charge in [-0.1, -0.05) is 36.0 Å². The van der Waals surface area contributed by atoms with Crippen molar-refractivity contribution >= 4 is 31.6 Å². The summed E-state index contributed by atoms with van der Waals surface area (Å²) in [6.07, 6.45) is 8.84. The van der Waals surface area contributed by atoms with Crippen molar-refractivity contribution in [3.05, 3.63) is 53.6 Å². The minimum absolute atomic E-state index is 0.233. The van der Waals surface area contributed by atoms with Crippen LogP contribution in [0.5, 0.6) is 10.9 Å². The molecule has 0 spiro atoms. The van der Waals surface area contributed by atoms with Gasteiger partial charge < -0.3 is 4.74 Å². The number of rotatable bonds is 7. The zero-order chi connectivity index (χ0) is 22.3. The van der Waals surface area contributed by atoms with Crippen LogP contribution in [-0.2, 0) is 16.4 Å². The number of aryl methyl sites for hydroxylation is 2. The van der Waals surface area contributed by atoms with E-state index in [9.17, 15) is 8.42 Å². The molecule has 2 aliphatic rings. The number of sulfonamides is 1. The first-order chi connectivity index (χ1) is 15.3. The Bertz CT molecular complexity index is 1190. The summed E-state index contributed by atoms with van der Waals surface area (Å²) >= 11 is 1.57. The van der Waals surface area contributed by atoms with Gasteiger partial charge in [-0.3, -0.25) is 0 Å². The Balaban J connectivity index is 1.12. The highest BCUT2D eigenvalue weighted by molar-refractivity contribution is 7.88. The van der Waals surface area contributed by atoms with Crippen LogP contribution in [0.2, 0.25) is 0 Å². The fourth-order valence-corrected chi connectivity index (χ4v) is 7.90. The normalized spacial score (nSPS) is 23.6. The van der Waals surface area contributed by atoms with Gasteiger partial charge in [-0.25, -0.2) is 13.4 Å². The fourth-order valence-electron chi connectivity index (χ4n) is 5.50. The number of ether oxygens (including phenoxy) is 1. The average Bonchev–Trinajstić information content (AvgIpc) is 3.26. The number of hydrogen-bond donors (Lipinski definition) is 0. The predicted molar refractivity (Wildman–Crippen MR) is 130 cm³/mol. The topological polar surface area (TPSA) is 59.5 Å². The third kappa shape index (κ3) is 4.70. The lowest BCUT2D eigenvalue weighted by molar-refractivity contribution is 0.183. The maximum absolute atomic E-state index is 12.1. The fraction of sp³-hybridized carbons (Fsp3) is 0.480. The molecule has 3 atom stereocenters. The van der Waals surface area contributed by atoms with E-state index in [1.165, 1.54) is 23.8 Å². The van der Waals surface area contributed by atoms with E-state index in [4.69, 9.17) is 4.74 Å². The first-order valence-corrected chi connectivity index (χ1v) is 14.1. The van der Waals surface area contributed by atoms with Gasteiger partial charge in [0, 0.05) is 12.1 Å². The van der Waals surface area contributed by atoms with Crippen molar-refractivity contribution in [2.24, 2.45) is 5.92 Å². The highest BCUT2D eigenvalue weighted by atomic mass is 32.2. The van der Waals surface area contributed by atoms with Crippen molar-refractivity contribution in [3.8, 4) is 10.9 Å². The SMILES string of the molecule is Cc1ccc2nc(Oc3ccc(CCCC4C[C@H]5CC[C@@H](C4)N5S(C)(=O)=O)cc3)sc2c1. The number of nitrogens with zero attached hydrogens (tertiary/aromatic N) is 2. The Kier molecular flexibility index (Phi) is 5.99. The van der Waals surface area contributed by atoms with Crippen LogP contribution in [0.3, 0.4) is 0 Å². The predicted octanol–water partition coefficient (Wildman–Crippen LogP) is 5.92. The van der Waals surface area contributed by atoms with Crippen molar-refractivity contribution in [1.82, 2.24) is 9.29 Å². The van der Waals surface area contributed by atoms with E-state index in [2.05, 4.69) is 36.2 Å². The molecule has 2 fully saturated rings. The summed E-state index contributed by atoms with van der Waals surface area (Å²) < 4.78 is 33.1. The zero-order valence-corrected chi connectivity index (χ0v) is 20.3. The van der Waals surface area contributed by atoms with E-state index in [0.717, 1.165) is 54.5 Å². The number of hydrogen-bond acceptors (Lipinski definition) is 5. The first kappa shape index (κ1) is 21.9. The number of piperidine rings is 1. The van der Waals surface area contributed by atoms with Gasteiger partial charge in [0.15, 0.2) is 0 Å². The van der Waals surface area contributed by atoms with Crippen LogP contribution in [-0.4, -0.2) is 36.0 Å². The lowest BCUT2D eigenvalue weighted by Gasteiger charge is -2.37. The summed E-state index contributed by atoms with van der Waals surface area (Å²) in [7, 11) is -3.07. The van der Waals surface area contributed by atoms with Crippen molar-refractivity contribution in [2.45, 2.75) is 64.0 Å². The Labute approximate surface area is 194 Å². The molecule has 0 aliphatic carbocycles. The van der Waals surface area contributed by atoms with Crippen LogP contribution in [0.15, 0.2) is 42.5 Å². The second-order valence-corrected chi connectivity index (χ2v) is 12.3. The van der Waals surface area contributed by atoms with E-state index in [1.807, 2.05) is 18.2 Å². The van der Waals surface area contributed by atoms with Gasteiger partial charge in [-0.2, -0.15) is 4.31 Å². The molecular weight excluding hydrogens is 440 g/mol. The number of benzene rings is 2. The summed E-state index contributed by atoms with van der Waals surface area (Å²) in [5, 5.41) is 0.674. The highest BCUT2D eigenvalue weighted by Crippen LogP contribution is 2.41. The summed E-state index contributed by atoms with van der Waals surface area (Å²) in [4.78, 5) is 4.57. The van der Waals surface area contributed by atoms with Crippen LogP contribution in [0.4, 0.5) is 0 Å². The Morgan fingerprint density at radius 1 is 1.09 bits per heavy atom. The average molecular weight is 471 g/mol. The van der Waals surface area contributed by atoms with Crippen LogP contribution in [0.25, 0.3) is 10.2 Å². The molecule has 0 radical (unpaired) electrons. The zero-order valence-electron chi connectivity index (χ0n) is 18.7. The van der Waals surface area contributed by atoms with E-state index < -0.39 is 10.0 Å². The van der Waals surface area contributed by atoms with Crippen LogP contribution >= 0.6 is 11.3 Å². The molecule has 3 heterocycles. The molecule has 2 bridgehead atoms. The van der Waals surface area contributed by atoms with Crippen LogP contribution < -0.4 is 4.74 Å². The maximum Gasteiger partial charge on any atom is 0.279 e. The smallest absolute Gasteiger partial charge is 0.279 e. The van der Waals surface area contributed by atoms with Crippen molar-refractivity contribution in [3.63, 3.8) is 0 Å². The minimum atomic E-state index is -3.07. The van der Waals surface area contributed by atoms with E-state index in [0.29, 0.717) is 11.1 Å². The summed E-state index contributed by atoms with van der Waals surface area (Å²) in [5.41, 5.74) is 3.52. The summed E-state index contributed by atoms with van der Waals surface area (Å²) in [6, 6.07) is 15.0. The summed E-state index contributed by atoms with van der Waals surface area (Å²) in [5.74, 6) is 1.46. The Hall–Kier alpha value is -1.96. The van der Waals surface area contributed by atoms with Crippen molar-refractivity contribution in [2.75, 3.05) is 6.26 Å². The van der Waals surface area contributed by atoms with Gasteiger partial charge in [0.25, 0.3) is 5.19 Å². The van der Waals surface area contributed by atoms with E-state index in [1.54, 1.807) is 15.6 Å². The molecule has 0 saturated carbocycles. The summed E-state index contributed by atoms with van der Waals surface area (Å²) in [6.45, 7) is 2.08. The molecular formula is C25H30N2O3S2. The molecule has 5 rings (SSSR count). The van der Waals surface area contributed by atoms with Crippen molar-refractivity contribution < 1.29 is 13.2 Å². The van der Waals surface area contributed by atoms with Crippen molar-refractivity contribution in [1.29, 1.82) is 0 Å². The molecule has 0 amide bonds. The largest absolute Gasteiger partial charge is 0.431 e. The third-order valence-electron chi connectivity index (χ3n) is 6.88. The van der Waals surface area contributed by atoms with Gasteiger partial charge in [0.1, 0.15) is 5.75 Å². The molecule has 1 aromatic heterocycles. The van der Waals surface area contributed by atoms with E-state index in [-0.39, 0.29) is 12.1 Å². The number of fused-ring (bicyclic) bond motifs is 3. The quantitative estimate of drug-likeness (QED) is 0.430. The molecule has 2 aliphatic heterocycles. The maximum atomic E-state index is 12.1. The molecule has 0 N–H and O–H groups in total. The highest BCUT2D eigenvalue weighted by Gasteiger charge is 2.44. The molecule has 2 saturated heterocycles. The van der Waals surface area contributed by atoms with Gasteiger partial charge in [0.05, 0.1) is 16.5 Å². The molecule has 170 valence electrons. The van der Waals surface area contributed by atoms with Gasteiger partial charge in [-0.15, -0.1) is 0 Å². The van der Waals surface area contributed by atoms with Gasteiger partial charge >= 0.3 is 0 Å². The molecule has 32 heavy (non-hydrogen) atoms. The van der Waals surface area contributed by atoms with Crippen LogP contribution in [0, 0.1) is 12.8 Å². The first-order valence-electron chi connectivity index (χ1n) is 11.5. The third-order valence-corrected chi connectivity index (χ3v) is 9.14. The number of thiazole rings is 1. The lowest BCUT2D eigenvalue weighted by Crippen LogP contribution is -2.45. The van der Waals surface area contributed by atoms with Gasteiger partial charge in [-0.05, 0) is 86.8 Å². The molecule has 1 unspecified atom stereocenters. The monoisotopic (exact) mass is 470 g/mol. The molecule has 3 aromatic rings. The Morgan fingerprint density at radius 3 is 2.50 bits per heavy atom. The Morgan fingerprint density at radius 2 is 1.81 bits per heavy atom. The lowest BCUT2D eigenvalue weighted by atomic mass is 9.87.